The number of nitrogens with zero attached hydrogens (tertiary/aromatic N) is 4. The van der Waals surface area contributed by atoms with Crippen molar-refractivity contribution in [3.63, 3.8) is 0 Å². The van der Waals surface area contributed by atoms with E-state index < -0.39 is 11.9 Å². The van der Waals surface area contributed by atoms with Crippen molar-refractivity contribution in [2.24, 2.45) is 48.6 Å². The van der Waals surface area contributed by atoms with Crippen LogP contribution in [0.2, 0.25) is 0 Å². The van der Waals surface area contributed by atoms with E-state index in [4.69, 9.17) is 4.74 Å². The molecule has 346 valence electrons. The second-order valence-electron chi connectivity index (χ2n) is 19.3. The highest BCUT2D eigenvalue weighted by atomic mass is 32.1. The maximum atomic E-state index is 13.9. The molecule has 14 heteroatoms. The maximum Gasteiger partial charge on any atom is 0.350 e. The van der Waals surface area contributed by atoms with E-state index >= 15 is 0 Å². The summed E-state index contributed by atoms with van der Waals surface area (Å²) in [4.78, 5) is 82.6. The Morgan fingerprint density at radius 1 is 0.646 bits per heavy atom. The van der Waals surface area contributed by atoms with Gasteiger partial charge in [-0.1, -0.05) is 37.5 Å². The topological polar surface area (TPSA) is 148 Å². The van der Waals surface area contributed by atoms with Crippen LogP contribution < -0.4 is 20.9 Å². The van der Waals surface area contributed by atoms with E-state index in [2.05, 4.69) is 37.5 Å². The van der Waals surface area contributed by atoms with Crippen LogP contribution >= 0.6 is 22.7 Å². The van der Waals surface area contributed by atoms with Crippen molar-refractivity contribution < 1.29 is 29.0 Å². The predicted molar refractivity (Wildman–Crippen MR) is 260 cm³/mol. The zero-order valence-corrected chi connectivity index (χ0v) is 41.1. The number of carboxylic acids is 1. The molecule has 4 aromatic heterocycles. The summed E-state index contributed by atoms with van der Waals surface area (Å²) in [5.41, 5.74) is -0.175. The van der Waals surface area contributed by atoms with Gasteiger partial charge in [-0.25, -0.2) is 9.59 Å². The van der Waals surface area contributed by atoms with E-state index in [9.17, 15) is 33.9 Å². The fraction of sp³-hybridized carbons (Fsp3) is 0.490. The monoisotopic (exact) mass is 922 g/mol. The average Bonchev–Trinajstić information content (AvgIpc) is 3.87. The summed E-state index contributed by atoms with van der Waals surface area (Å²) in [5, 5.41) is 9.89. The molecule has 2 aliphatic carbocycles. The molecule has 0 aromatic carbocycles. The lowest BCUT2D eigenvalue weighted by atomic mass is 9.82. The summed E-state index contributed by atoms with van der Waals surface area (Å²) in [6.45, 7) is 16.3. The van der Waals surface area contributed by atoms with Gasteiger partial charge in [-0.2, -0.15) is 0 Å². The number of esters is 1. The van der Waals surface area contributed by atoms with Crippen LogP contribution in [-0.4, -0.2) is 45.1 Å². The van der Waals surface area contributed by atoms with Crippen molar-refractivity contribution in [3.05, 3.63) is 89.0 Å². The van der Waals surface area contributed by atoms with Gasteiger partial charge in [-0.3, -0.25) is 29.0 Å². The Balaban J connectivity index is 0.000000244. The van der Waals surface area contributed by atoms with Gasteiger partial charge >= 0.3 is 11.9 Å². The van der Waals surface area contributed by atoms with Crippen LogP contribution in [0.3, 0.4) is 0 Å². The molecule has 0 unspecified atom stereocenters. The van der Waals surface area contributed by atoms with Crippen LogP contribution in [-0.2, 0) is 28.4 Å². The molecular weight excluding hydrogens is 861 g/mol. The Morgan fingerprint density at radius 2 is 1.02 bits per heavy atom. The number of aromatic nitrogens is 2. The highest BCUT2D eigenvalue weighted by Crippen LogP contribution is 2.40. The van der Waals surface area contributed by atoms with E-state index in [-0.39, 0.29) is 72.4 Å². The fourth-order valence-corrected chi connectivity index (χ4v) is 9.48. The largest absolute Gasteiger partial charge is 0.477 e. The summed E-state index contributed by atoms with van der Waals surface area (Å²) in [7, 11) is 4.57. The molecule has 0 atom stereocenters. The molecule has 6 rings (SSSR count). The Labute approximate surface area is 390 Å². The van der Waals surface area contributed by atoms with Crippen LogP contribution in [0.15, 0.2) is 58.4 Å². The van der Waals surface area contributed by atoms with Crippen molar-refractivity contribution in [1.29, 1.82) is 0 Å². The van der Waals surface area contributed by atoms with Crippen LogP contribution in [0.25, 0.3) is 0 Å². The lowest BCUT2D eigenvalue weighted by Crippen LogP contribution is -2.38. The summed E-state index contributed by atoms with van der Waals surface area (Å²) >= 11 is 2.21. The number of aryl methyl sites for hydroxylation is 2. The van der Waals surface area contributed by atoms with Crippen LogP contribution in [0.5, 0.6) is 0 Å². The number of hydrogen-bond donors (Lipinski definition) is 1. The van der Waals surface area contributed by atoms with Crippen LogP contribution in [0.1, 0.15) is 136 Å². The molecule has 0 bridgehead atoms. The fourth-order valence-electron chi connectivity index (χ4n) is 7.73. The van der Waals surface area contributed by atoms with Gasteiger partial charge in [0.25, 0.3) is 11.1 Å². The number of rotatable bonds is 8. The molecule has 0 saturated heterocycles. The quantitative estimate of drug-likeness (QED) is 0.136. The second-order valence-corrected chi connectivity index (χ2v) is 21.4. The molecule has 0 spiro atoms. The number of methoxy groups -OCH3 is 1. The average molecular weight is 923 g/mol. The summed E-state index contributed by atoms with van der Waals surface area (Å²) in [6.07, 6.45) is 10.0. The molecule has 65 heavy (non-hydrogen) atoms. The van der Waals surface area contributed by atoms with Gasteiger partial charge < -0.3 is 19.0 Å². The molecular formula is C51H62N4O8S2. The Morgan fingerprint density at radius 3 is 1.37 bits per heavy atom. The van der Waals surface area contributed by atoms with Gasteiger partial charge in [0.2, 0.25) is 11.8 Å². The van der Waals surface area contributed by atoms with Gasteiger partial charge in [0.1, 0.15) is 21.1 Å². The van der Waals surface area contributed by atoms with E-state index in [1.807, 2.05) is 41.5 Å². The smallest absolute Gasteiger partial charge is 0.350 e. The molecule has 1 N–H and O–H groups in total. The number of anilines is 4. The molecule has 2 amide bonds. The lowest BCUT2D eigenvalue weighted by Gasteiger charge is -2.31. The van der Waals surface area contributed by atoms with Gasteiger partial charge in [-0.05, 0) is 141 Å². The van der Waals surface area contributed by atoms with Gasteiger partial charge in [0.05, 0.1) is 28.2 Å². The number of hydrogen-bond acceptors (Lipinski definition) is 9. The first-order chi connectivity index (χ1) is 30.5. The number of amides is 2. The Kier molecular flexibility index (Phi) is 16.3. The standard InChI is InChI=1S/C26H32N2O4S.C25H30N2O4S/c1-17-9-11-18(12-10-17)23(29)28(20-8-7-15-27(5)24(20)30)21-16-19(13-14-26(2,3)4)33-22(21)25(31)32-6;1-16-8-10-17(11-9-16)22(28)27(19-7-6-14-26(5)23(19)29)20-15-18(12-13-25(2,3)4)32-21(20)24(30)31/h7-8,15-18H,9-12H2,1-6H3;6-7,14-17H,8-11H2,1-5H3,(H,30,31). The van der Waals surface area contributed by atoms with Gasteiger partial charge in [-0.15, -0.1) is 22.7 Å². The minimum Gasteiger partial charge on any atom is -0.477 e. The van der Waals surface area contributed by atoms with Gasteiger partial charge in [0.15, 0.2) is 0 Å². The first kappa shape index (κ1) is 50.3. The molecule has 2 fully saturated rings. The van der Waals surface area contributed by atoms with Crippen molar-refractivity contribution in [1.82, 2.24) is 9.13 Å². The summed E-state index contributed by atoms with van der Waals surface area (Å²) in [6, 6.07) is 9.98. The summed E-state index contributed by atoms with van der Waals surface area (Å²) < 4.78 is 7.85. The Bertz CT molecular complexity index is 2650. The van der Waals surface area contributed by atoms with E-state index in [1.165, 1.54) is 37.4 Å². The molecule has 2 saturated carbocycles. The van der Waals surface area contributed by atoms with Crippen molar-refractivity contribution in [2.75, 3.05) is 16.9 Å². The number of ether oxygens (including phenoxy) is 1. The third-order valence-corrected chi connectivity index (χ3v) is 13.5. The number of carboxylic acid groups (broad SMARTS) is 1. The molecule has 2 aliphatic rings. The van der Waals surface area contributed by atoms with Gasteiger partial charge in [0, 0.05) is 49.2 Å². The van der Waals surface area contributed by atoms with E-state index in [1.54, 1.807) is 62.9 Å². The number of aromatic carboxylic acids is 1. The number of carbonyl (C=O) groups excluding carboxylic acids is 3. The highest BCUT2D eigenvalue weighted by molar-refractivity contribution is 7.15. The van der Waals surface area contributed by atoms with Crippen molar-refractivity contribution >= 4 is 69.2 Å². The van der Waals surface area contributed by atoms with Crippen molar-refractivity contribution in [2.45, 2.75) is 107 Å². The summed E-state index contributed by atoms with van der Waals surface area (Å²) in [5.74, 6) is 11.0. The highest BCUT2D eigenvalue weighted by Gasteiger charge is 2.36. The molecule has 0 aliphatic heterocycles. The molecule has 4 heterocycles. The SMILES string of the molecule is CC1CCC(C(=O)N(c2cc(C#CC(C)(C)C)sc2C(=O)O)c2cccn(C)c2=O)CC1.COC(=O)c1sc(C#CC(C)(C)C)cc1N(C(=O)C1CCC(C)CC1)c1cccn(C)c1=O. The van der Waals surface area contributed by atoms with E-state index in [0.29, 0.717) is 27.3 Å². The first-order valence-electron chi connectivity index (χ1n) is 22.1. The molecule has 4 aromatic rings. The third-order valence-electron chi connectivity index (χ3n) is 11.5. The number of carbonyl (C=O) groups is 4. The third kappa shape index (κ3) is 12.8. The first-order valence-corrected chi connectivity index (χ1v) is 23.8. The maximum absolute atomic E-state index is 13.9. The zero-order chi connectivity index (χ0) is 48.0. The minimum atomic E-state index is -1.14. The molecule has 0 radical (unpaired) electrons. The lowest BCUT2D eigenvalue weighted by molar-refractivity contribution is -0.123. The molecule has 12 nitrogen and oxygen atoms in total. The van der Waals surface area contributed by atoms with Crippen LogP contribution in [0, 0.1) is 58.2 Å². The second kappa shape index (κ2) is 21.1. The minimum absolute atomic E-state index is 0.00615. The number of thiophene rings is 2. The Hall–Kier alpha value is -5.70. The number of pyridine rings is 2. The zero-order valence-electron chi connectivity index (χ0n) is 39.5. The predicted octanol–water partition coefficient (Wildman–Crippen LogP) is 10.2. The van der Waals surface area contributed by atoms with Crippen molar-refractivity contribution in [3.8, 4) is 23.7 Å². The van der Waals surface area contributed by atoms with E-state index in [0.717, 1.165) is 62.7 Å². The normalized spacial score (nSPS) is 18.4. The van der Waals surface area contributed by atoms with Crippen LogP contribution in [0.4, 0.5) is 22.7 Å².